The molecule has 3 heteroatoms. The number of likely N-dealkylation sites (N-methyl/N-ethyl adjacent to an activating group) is 1. The molecule has 1 aliphatic heterocycles. The summed E-state index contributed by atoms with van der Waals surface area (Å²) in [7, 11) is 2.11. The van der Waals surface area contributed by atoms with Crippen LogP contribution in [0.1, 0.15) is 44.9 Å². The quantitative estimate of drug-likeness (QED) is 0.705. The number of ether oxygens (including phenoxy) is 1. The number of nitrogens with zero attached hydrogens (tertiary/aromatic N) is 1. The lowest BCUT2D eigenvalue weighted by atomic mass is 10.0. The molecule has 17 heavy (non-hydrogen) atoms. The molecule has 1 aliphatic carbocycles. The van der Waals surface area contributed by atoms with Crippen LogP contribution in [0.3, 0.4) is 0 Å². The minimum absolute atomic E-state index is 0.170. The summed E-state index contributed by atoms with van der Waals surface area (Å²) >= 11 is 0. The second kappa shape index (κ2) is 6.50. The molecule has 0 radical (unpaired) electrons. The molecule has 0 bridgehead atoms. The predicted octanol–water partition coefficient (Wildman–Crippen LogP) is 2.25. The second-order valence-electron chi connectivity index (χ2n) is 5.59. The van der Waals surface area contributed by atoms with Gasteiger partial charge in [0.2, 0.25) is 0 Å². The van der Waals surface area contributed by atoms with E-state index in [4.69, 9.17) is 4.74 Å². The molecule has 1 saturated heterocycles. The highest BCUT2D eigenvalue weighted by molar-refractivity contribution is 5.83. The zero-order valence-electron chi connectivity index (χ0n) is 11.0. The Bertz CT molecular complexity index is 241. The maximum Gasteiger partial charge on any atom is 0.152 e. The van der Waals surface area contributed by atoms with Gasteiger partial charge in [0.15, 0.2) is 5.78 Å². The van der Waals surface area contributed by atoms with Crippen LogP contribution in [0.2, 0.25) is 0 Å². The van der Waals surface area contributed by atoms with E-state index in [-0.39, 0.29) is 5.92 Å². The van der Waals surface area contributed by atoms with E-state index in [9.17, 15) is 4.79 Å². The van der Waals surface area contributed by atoms with Crippen LogP contribution < -0.4 is 0 Å². The van der Waals surface area contributed by atoms with Crippen molar-refractivity contribution in [3.63, 3.8) is 0 Å². The summed E-state index contributed by atoms with van der Waals surface area (Å²) in [6.45, 7) is 2.04. The smallest absolute Gasteiger partial charge is 0.152 e. The van der Waals surface area contributed by atoms with Crippen molar-refractivity contribution in [2.24, 2.45) is 5.92 Å². The summed E-state index contributed by atoms with van der Waals surface area (Å²) in [5, 5.41) is 0. The van der Waals surface area contributed by atoms with Crippen LogP contribution in [0.25, 0.3) is 0 Å². The third-order valence-corrected chi connectivity index (χ3v) is 4.24. The van der Waals surface area contributed by atoms with Crippen LogP contribution >= 0.6 is 0 Å². The van der Waals surface area contributed by atoms with Crippen molar-refractivity contribution in [2.45, 2.75) is 51.0 Å². The van der Waals surface area contributed by atoms with Crippen molar-refractivity contribution < 1.29 is 9.53 Å². The fraction of sp³-hybridized carbons (Fsp3) is 0.929. The first kappa shape index (κ1) is 13.0. The number of carbonyl (C=O) groups excluding carboxylic acids is 1. The number of hydrogen-bond donors (Lipinski definition) is 0. The Morgan fingerprint density at radius 1 is 1.18 bits per heavy atom. The maximum atomic E-state index is 12.1. The zero-order chi connectivity index (χ0) is 12.1. The van der Waals surface area contributed by atoms with Crippen molar-refractivity contribution in [1.82, 2.24) is 4.90 Å². The third kappa shape index (κ3) is 3.78. The number of carbonyl (C=O) groups is 1. The van der Waals surface area contributed by atoms with Gasteiger partial charge in [-0.25, -0.2) is 0 Å². The Morgan fingerprint density at radius 3 is 2.47 bits per heavy atom. The predicted molar refractivity (Wildman–Crippen MR) is 68.1 cm³/mol. The minimum Gasteiger partial charge on any atom is -0.381 e. The average Bonchev–Trinajstić information content (AvgIpc) is 2.71. The van der Waals surface area contributed by atoms with Crippen LogP contribution in [0.5, 0.6) is 0 Å². The van der Waals surface area contributed by atoms with Gasteiger partial charge in [-0.1, -0.05) is 25.7 Å². The highest BCUT2D eigenvalue weighted by Crippen LogP contribution is 2.22. The summed E-state index contributed by atoms with van der Waals surface area (Å²) in [4.78, 5) is 14.3. The normalized spacial score (nSPS) is 27.3. The lowest BCUT2D eigenvalue weighted by Gasteiger charge is -2.27. The van der Waals surface area contributed by atoms with Crippen molar-refractivity contribution in [1.29, 1.82) is 0 Å². The minimum atomic E-state index is 0.170. The van der Waals surface area contributed by atoms with Gasteiger partial charge in [-0.15, -0.1) is 0 Å². The van der Waals surface area contributed by atoms with Crippen LogP contribution in [0.15, 0.2) is 0 Å². The van der Waals surface area contributed by atoms with Crippen LogP contribution in [0, 0.1) is 5.92 Å². The first-order valence-electron chi connectivity index (χ1n) is 7.08. The van der Waals surface area contributed by atoms with Gasteiger partial charge in [0.25, 0.3) is 0 Å². The van der Waals surface area contributed by atoms with E-state index in [0.29, 0.717) is 25.0 Å². The van der Waals surface area contributed by atoms with Crippen LogP contribution in [-0.2, 0) is 9.53 Å². The molecule has 1 unspecified atom stereocenters. The number of Topliss-reactive ketones (excluding diaryl/α,β-unsaturated/α-hetero) is 1. The lowest BCUT2D eigenvalue weighted by Crippen LogP contribution is -2.37. The Hall–Kier alpha value is -0.410. The van der Waals surface area contributed by atoms with E-state index in [1.807, 2.05) is 0 Å². The third-order valence-electron chi connectivity index (χ3n) is 4.24. The van der Waals surface area contributed by atoms with Crippen molar-refractivity contribution in [3.05, 3.63) is 0 Å². The molecule has 0 amide bonds. The Balaban J connectivity index is 1.78. The zero-order valence-corrected chi connectivity index (χ0v) is 11.0. The molecule has 0 spiro atoms. The van der Waals surface area contributed by atoms with E-state index in [1.165, 1.54) is 38.5 Å². The molecule has 1 atom stereocenters. The second-order valence-corrected chi connectivity index (χ2v) is 5.59. The topological polar surface area (TPSA) is 29.5 Å². The molecule has 0 aromatic heterocycles. The molecule has 1 saturated carbocycles. The Kier molecular flexibility index (Phi) is 4.99. The van der Waals surface area contributed by atoms with Crippen molar-refractivity contribution >= 4 is 5.78 Å². The Labute approximate surface area is 105 Å². The van der Waals surface area contributed by atoms with Crippen molar-refractivity contribution in [3.8, 4) is 0 Å². The van der Waals surface area contributed by atoms with E-state index in [0.717, 1.165) is 13.0 Å². The van der Waals surface area contributed by atoms with Gasteiger partial charge in [0.1, 0.15) is 0 Å². The molecule has 2 aliphatic rings. The molecule has 0 aromatic carbocycles. The largest absolute Gasteiger partial charge is 0.381 e. The summed E-state index contributed by atoms with van der Waals surface area (Å²) in [5.41, 5.74) is 0. The van der Waals surface area contributed by atoms with Crippen LogP contribution in [0.4, 0.5) is 0 Å². The van der Waals surface area contributed by atoms with Gasteiger partial charge in [0.05, 0.1) is 13.2 Å². The molecule has 98 valence electrons. The first-order valence-corrected chi connectivity index (χ1v) is 7.08. The molecule has 0 N–H and O–H groups in total. The summed E-state index contributed by atoms with van der Waals surface area (Å²) < 4.78 is 5.29. The molecule has 3 nitrogen and oxygen atoms in total. The average molecular weight is 239 g/mol. The first-order chi connectivity index (χ1) is 8.27. The highest BCUT2D eigenvalue weighted by atomic mass is 16.5. The molecular formula is C14H25NO2. The van der Waals surface area contributed by atoms with Gasteiger partial charge in [-0.2, -0.15) is 0 Å². The fourth-order valence-electron chi connectivity index (χ4n) is 2.99. The van der Waals surface area contributed by atoms with Gasteiger partial charge >= 0.3 is 0 Å². The van der Waals surface area contributed by atoms with Gasteiger partial charge < -0.3 is 4.74 Å². The van der Waals surface area contributed by atoms with Crippen LogP contribution in [-0.4, -0.2) is 43.5 Å². The van der Waals surface area contributed by atoms with E-state index >= 15 is 0 Å². The lowest BCUT2D eigenvalue weighted by molar-refractivity contribution is -0.124. The maximum absolute atomic E-state index is 12.1. The van der Waals surface area contributed by atoms with E-state index in [2.05, 4.69) is 11.9 Å². The number of rotatable bonds is 4. The Morgan fingerprint density at radius 2 is 1.88 bits per heavy atom. The molecule has 0 aromatic rings. The monoisotopic (exact) mass is 239 g/mol. The number of ketones is 1. The standard InChI is InChI=1S/C14H25NO2/c1-15(13-6-4-2-3-5-7-13)10-14(16)12-8-9-17-11-12/h12-13H,2-11H2,1H3. The van der Waals surface area contributed by atoms with Crippen molar-refractivity contribution in [2.75, 3.05) is 26.8 Å². The number of hydrogen-bond acceptors (Lipinski definition) is 3. The van der Waals surface area contributed by atoms with E-state index < -0.39 is 0 Å². The summed E-state index contributed by atoms with van der Waals surface area (Å²) in [5.74, 6) is 0.553. The molecule has 2 fully saturated rings. The van der Waals surface area contributed by atoms with Gasteiger partial charge in [0, 0.05) is 18.6 Å². The molecular weight excluding hydrogens is 214 g/mol. The van der Waals surface area contributed by atoms with Gasteiger partial charge in [-0.05, 0) is 26.3 Å². The molecule has 2 rings (SSSR count). The van der Waals surface area contributed by atoms with Gasteiger partial charge in [-0.3, -0.25) is 9.69 Å². The SMILES string of the molecule is CN(CC(=O)C1CCOC1)C1CCCCCC1. The van der Waals surface area contributed by atoms with E-state index in [1.54, 1.807) is 0 Å². The fourth-order valence-corrected chi connectivity index (χ4v) is 2.99. The molecule has 1 heterocycles. The summed E-state index contributed by atoms with van der Waals surface area (Å²) in [6, 6.07) is 0.628. The highest BCUT2D eigenvalue weighted by Gasteiger charge is 2.26. The summed E-state index contributed by atoms with van der Waals surface area (Å²) in [6.07, 6.45) is 8.86.